The van der Waals surface area contributed by atoms with Crippen LogP contribution in [0.25, 0.3) is 0 Å². The van der Waals surface area contributed by atoms with Gasteiger partial charge >= 0.3 is 11.9 Å². The van der Waals surface area contributed by atoms with Gasteiger partial charge in [-0.3, -0.25) is 4.79 Å². The first-order chi connectivity index (χ1) is 17.3. The fraction of sp³-hybridized carbons (Fsp3) is 0.393. The molecule has 1 saturated heterocycles. The fourth-order valence-electron chi connectivity index (χ4n) is 4.52. The van der Waals surface area contributed by atoms with E-state index in [1.54, 1.807) is 7.11 Å². The number of ether oxygens (including phenoxy) is 1. The number of nitrogens with one attached hydrogen (secondary N) is 1. The van der Waals surface area contributed by atoms with Crippen LogP contribution >= 0.6 is 0 Å². The topological polar surface area (TPSA) is 116 Å². The van der Waals surface area contributed by atoms with Crippen LogP contribution in [-0.2, 0) is 14.4 Å². The quantitative estimate of drug-likeness (QED) is 0.443. The average molecular weight is 497 g/mol. The molecular weight excluding hydrogens is 460 g/mol. The number of carboxylic acid groups (broad SMARTS) is 2. The number of methoxy groups -OCH3 is 1. The van der Waals surface area contributed by atoms with E-state index in [1.807, 2.05) is 37.3 Å². The molecule has 194 valence electrons. The summed E-state index contributed by atoms with van der Waals surface area (Å²) in [6, 6.07) is 18.6. The Labute approximate surface area is 212 Å². The zero-order valence-corrected chi connectivity index (χ0v) is 21.1. The van der Waals surface area contributed by atoms with E-state index in [4.69, 9.17) is 14.9 Å². The number of amides is 1. The summed E-state index contributed by atoms with van der Waals surface area (Å²) in [6.45, 7) is 6.24. The number of carbonyl (C=O) groups is 3. The van der Waals surface area contributed by atoms with Gasteiger partial charge in [0.1, 0.15) is 5.75 Å². The molecule has 0 bridgehead atoms. The molecule has 1 fully saturated rings. The third-order valence-corrected chi connectivity index (χ3v) is 6.29. The van der Waals surface area contributed by atoms with Crippen molar-refractivity contribution in [2.75, 3.05) is 25.1 Å². The molecule has 1 aliphatic rings. The fourth-order valence-corrected chi connectivity index (χ4v) is 4.52. The van der Waals surface area contributed by atoms with Gasteiger partial charge in [-0.25, -0.2) is 9.59 Å². The molecule has 2 aromatic carbocycles. The Morgan fingerprint density at radius 1 is 1.00 bits per heavy atom. The van der Waals surface area contributed by atoms with Crippen LogP contribution in [0.1, 0.15) is 44.6 Å². The summed E-state index contributed by atoms with van der Waals surface area (Å²) in [4.78, 5) is 34.3. The van der Waals surface area contributed by atoms with Crippen molar-refractivity contribution in [3.63, 3.8) is 0 Å². The van der Waals surface area contributed by atoms with Crippen LogP contribution in [-0.4, -0.2) is 54.3 Å². The molecule has 1 heterocycles. The SMILES string of the molecule is CCC(=O)N(c1ccc(OC)cc1)C(C1CCNCC1)C(C)c1ccccc1.O=C(O)/C=C/C(=O)O. The molecule has 2 unspecified atom stereocenters. The molecule has 0 radical (unpaired) electrons. The van der Waals surface area contributed by atoms with Gasteiger partial charge in [0, 0.05) is 36.2 Å². The van der Waals surface area contributed by atoms with Crippen LogP contribution in [0, 0.1) is 5.92 Å². The number of anilines is 1. The normalized spacial score (nSPS) is 15.3. The van der Waals surface area contributed by atoms with Gasteiger partial charge in [0.05, 0.1) is 7.11 Å². The van der Waals surface area contributed by atoms with E-state index in [0.717, 1.165) is 37.4 Å². The highest BCUT2D eigenvalue weighted by Gasteiger charge is 2.36. The van der Waals surface area contributed by atoms with Gasteiger partial charge in [-0.05, 0) is 61.7 Å². The van der Waals surface area contributed by atoms with Gasteiger partial charge in [0.15, 0.2) is 0 Å². The number of piperidine rings is 1. The van der Waals surface area contributed by atoms with Gasteiger partial charge < -0.3 is 25.2 Å². The highest BCUT2D eigenvalue weighted by molar-refractivity contribution is 5.94. The van der Waals surface area contributed by atoms with E-state index >= 15 is 0 Å². The Morgan fingerprint density at radius 2 is 1.56 bits per heavy atom. The maximum Gasteiger partial charge on any atom is 0.328 e. The summed E-state index contributed by atoms with van der Waals surface area (Å²) in [5, 5.41) is 19.1. The minimum atomic E-state index is -1.26. The van der Waals surface area contributed by atoms with E-state index in [-0.39, 0.29) is 17.9 Å². The van der Waals surface area contributed by atoms with Crippen molar-refractivity contribution in [1.82, 2.24) is 5.32 Å². The predicted octanol–water partition coefficient (Wildman–Crippen LogP) is 4.32. The minimum Gasteiger partial charge on any atom is -0.497 e. The molecule has 8 nitrogen and oxygen atoms in total. The van der Waals surface area contributed by atoms with E-state index in [1.165, 1.54) is 5.56 Å². The summed E-state index contributed by atoms with van der Waals surface area (Å²) in [7, 11) is 1.67. The Kier molecular flexibility index (Phi) is 11.7. The molecule has 36 heavy (non-hydrogen) atoms. The summed E-state index contributed by atoms with van der Waals surface area (Å²) < 4.78 is 5.32. The van der Waals surface area contributed by atoms with Crippen molar-refractivity contribution in [3.05, 3.63) is 72.3 Å². The first kappa shape index (κ1) is 28.6. The van der Waals surface area contributed by atoms with Crippen LogP contribution < -0.4 is 15.0 Å². The molecular formula is C28H36N2O6. The summed E-state index contributed by atoms with van der Waals surface area (Å²) >= 11 is 0. The standard InChI is InChI=1S/C24H32N2O2.C4H4O4/c1-4-23(27)26(21-10-12-22(28-3)13-11-21)24(20-14-16-25-17-15-20)18(2)19-8-6-5-7-9-19;5-3(6)1-2-4(7)8/h5-13,18,20,24-25H,4,14-17H2,1-3H3;1-2H,(H,5,6)(H,7,8)/b;2-1+. The van der Waals surface area contributed by atoms with Gasteiger partial charge in [0.2, 0.25) is 5.91 Å². The minimum absolute atomic E-state index is 0.130. The molecule has 0 aromatic heterocycles. The lowest BCUT2D eigenvalue weighted by Gasteiger charge is -2.42. The summed E-state index contributed by atoms with van der Waals surface area (Å²) in [6.07, 6.45) is 3.79. The zero-order chi connectivity index (χ0) is 26.5. The molecule has 0 spiro atoms. The van der Waals surface area contributed by atoms with E-state index in [0.29, 0.717) is 24.5 Å². The van der Waals surface area contributed by atoms with Crippen molar-refractivity contribution in [3.8, 4) is 5.75 Å². The lowest BCUT2D eigenvalue weighted by atomic mass is 9.79. The lowest BCUT2D eigenvalue weighted by molar-refractivity contribution is -0.134. The number of hydrogen-bond donors (Lipinski definition) is 3. The molecule has 1 aliphatic heterocycles. The number of nitrogens with zero attached hydrogens (tertiary/aromatic N) is 1. The van der Waals surface area contributed by atoms with Gasteiger partial charge in [-0.2, -0.15) is 0 Å². The third kappa shape index (κ3) is 8.53. The number of hydrogen-bond acceptors (Lipinski definition) is 5. The van der Waals surface area contributed by atoms with Crippen LogP contribution in [0.4, 0.5) is 5.69 Å². The Balaban J connectivity index is 0.000000493. The number of carboxylic acids is 2. The smallest absolute Gasteiger partial charge is 0.328 e. The van der Waals surface area contributed by atoms with Crippen LogP contribution in [0.15, 0.2) is 66.7 Å². The second-order valence-electron chi connectivity index (χ2n) is 8.60. The lowest BCUT2D eigenvalue weighted by Crippen LogP contribution is -2.50. The molecule has 3 N–H and O–H groups in total. The van der Waals surface area contributed by atoms with E-state index < -0.39 is 11.9 Å². The first-order valence-electron chi connectivity index (χ1n) is 12.1. The van der Waals surface area contributed by atoms with Crippen LogP contribution in [0.5, 0.6) is 5.75 Å². The third-order valence-electron chi connectivity index (χ3n) is 6.29. The summed E-state index contributed by atoms with van der Waals surface area (Å²) in [5.74, 6) is -0.811. The predicted molar refractivity (Wildman–Crippen MR) is 139 cm³/mol. The first-order valence-corrected chi connectivity index (χ1v) is 12.1. The van der Waals surface area contributed by atoms with Gasteiger partial charge in [0.25, 0.3) is 0 Å². The number of rotatable bonds is 9. The molecule has 2 aromatic rings. The van der Waals surface area contributed by atoms with Gasteiger partial charge in [-0.1, -0.05) is 44.2 Å². The largest absolute Gasteiger partial charge is 0.497 e. The number of benzene rings is 2. The average Bonchev–Trinajstić information content (AvgIpc) is 2.91. The molecule has 1 amide bonds. The highest BCUT2D eigenvalue weighted by Crippen LogP contribution is 2.36. The monoisotopic (exact) mass is 496 g/mol. The Morgan fingerprint density at radius 3 is 2.03 bits per heavy atom. The second kappa shape index (κ2) is 14.7. The molecule has 0 aliphatic carbocycles. The van der Waals surface area contributed by atoms with Crippen LogP contribution in [0.3, 0.4) is 0 Å². The Bertz CT molecular complexity index is 984. The van der Waals surface area contributed by atoms with E-state index in [2.05, 4.69) is 41.4 Å². The van der Waals surface area contributed by atoms with Crippen molar-refractivity contribution < 1.29 is 29.3 Å². The van der Waals surface area contributed by atoms with Crippen LogP contribution in [0.2, 0.25) is 0 Å². The number of aliphatic carboxylic acids is 2. The molecule has 0 saturated carbocycles. The molecule has 8 heteroatoms. The van der Waals surface area contributed by atoms with Gasteiger partial charge in [-0.15, -0.1) is 0 Å². The summed E-state index contributed by atoms with van der Waals surface area (Å²) in [5.41, 5.74) is 2.24. The molecule has 2 atom stereocenters. The molecule has 3 rings (SSSR count). The van der Waals surface area contributed by atoms with E-state index in [9.17, 15) is 14.4 Å². The maximum atomic E-state index is 13.2. The van der Waals surface area contributed by atoms with Crippen molar-refractivity contribution >= 4 is 23.5 Å². The second-order valence-corrected chi connectivity index (χ2v) is 8.60. The maximum absolute atomic E-state index is 13.2. The Hall–Kier alpha value is -3.65. The van der Waals surface area contributed by atoms with Crippen molar-refractivity contribution in [1.29, 1.82) is 0 Å². The highest BCUT2D eigenvalue weighted by atomic mass is 16.5. The number of carbonyl (C=O) groups excluding carboxylic acids is 1. The van der Waals surface area contributed by atoms with Crippen molar-refractivity contribution in [2.24, 2.45) is 5.92 Å². The van der Waals surface area contributed by atoms with Crippen molar-refractivity contribution in [2.45, 2.75) is 45.1 Å². The zero-order valence-electron chi connectivity index (χ0n) is 21.1.